The Kier molecular flexibility index (Phi) is 5.62. The SMILES string of the molecule is CCN(Cc1cc2c(cc1OC)OCCCO2)CC1CCCO1. The second kappa shape index (κ2) is 7.88. The van der Waals surface area contributed by atoms with Crippen LogP contribution in [0.2, 0.25) is 0 Å². The van der Waals surface area contributed by atoms with E-state index in [0.29, 0.717) is 19.3 Å². The first-order valence-corrected chi connectivity index (χ1v) is 8.60. The summed E-state index contributed by atoms with van der Waals surface area (Å²) < 4.78 is 22.9. The van der Waals surface area contributed by atoms with Gasteiger partial charge in [0.25, 0.3) is 0 Å². The first-order valence-electron chi connectivity index (χ1n) is 8.60. The molecule has 5 heteroatoms. The van der Waals surface area contributed by atoms with Crippen molar-refractivity contribution in [3.63, 3.8) is 0 Å². The lowest BCUT2D eigenvalue weighted by Gasteiger charge is -2.25. The van der Waals surface area contributed by atoms with Gasteiger partial charge < -0.3 is 18.9 Å². The summed E-state index contributed by atoms with van der Waals surface area (Å²) in [4.78, 5) is 2.40. The van der Waals surface area contributed by atoms with E-state index in [1.165, 1.54) is 6.42 Å². The first kappa shape index (κ1) is 16.4. The molecule has 2 heterocycles. The number of nitrogens with zero attached hydrogens (tertiary/aromatic N) is 1. The molecule has 1 aromatic carbocycles. The van der Waals surface area contributed by atoms with Crippen molar-refractivity contribution in [3.05, 3.63) is 17.7 Å². The van der Waals surface area contributed by atoms with Gasteiger partial charge in [-0.3, -0.25) is 4.90 Å². The summed E-state index contributed by atoms with van der Waals surface area (Å²) in [5.41, 5.74) is 1.14. The van der Waals surface area contributed by atoms with Crippen LogP contribution in [0.5, 0.6) is 17.2 Å². The van der Waals surface area contributed by atoms with E-state index in [1.807, 2.05) is 6.07 Å². The Bertz CT molecular complexity index is 514. The van der Waals surface area contributed by atoms with Crippen LogP contribution < -0.4 is 14.2 Å². The molecule has 1 fully saturated rings. The van der Waals surface area contributed by atoms with E-state index in [1.54, 1.807) is 7.11 Å². The molecule has 1 aromatic rings. The van der Waals surface area contributed by atoms with E-state index in [2.05, 4.69) is 17.9 Å². The van der Waals surface area contributed by atoms with Crippen LogP contribution in [-0.2, 0) is 11.3 Å². The molecule has 2 aliphatic heterocycles. The molecule has 2 aliphatic rings. The number of fused-ring (bicyclic) bond motifs is 1. The highest BCUT2D eigenvalue weighted by atomic mass is 16.5. The fourth-order valence-corrected chi connectivity index (χ4v) is 3.17. The van der Waals surface area contributed by atoms with Crippen molar-refractivity contribution in [3.8, 4) is 17.2 Å². The topological polar surface area (TPSA) is 40.2 Å². The van der Waals surface area contributed by atoms with Gasteiger partial charge in [0.05, 0.1) is 26.4 Å². The minimum absolute atomic E-state index is 0.362. The van der Waals surface area contributed by atoms with Crippen LogP contribution in [0.25, 0.3) is 0 Å². The van der Waals surface area contributed by atoms with E-state index in [9.17, 15) is 0 Å². The average molecular weight is 321 g/mol. The molecule has 0 bridgehead atoms. The molecule has 0 aliphatic carbocycles. The van der Waals surface area contributed by atoms with E-state index in [-0.39, 0.29) is 0 Å². The monoisotopic (exact) mass is 321 g/mol. The van der Waals surface area contributed by atoms with Gasteiger partial charge in [-0.2, -0.15) is 0 Å². The van der Waals surface area contributed by atoms with Gasteiger partial charge in [0.15, 0.2) is 11.5 Å². The molecule has 5 nitrogen and oxygen atoms in total. The van der Waals surface area contributed by atoms with Gasteiger partial charge in [0, 0.05) is 37.7 Å². The minimum atomic E-state index is 0.362. The summed E-state index contributed by atoms with van der Waals surface area (Å²) in [7, 11) is 1.71. The molecule has 0 N–H and O–H groups in total. The summed E-state index contributed by atoms with van der Waals surface area (Å²) in [5, 5.41) is 0. The van der Waals surface area contributed by atoms with Crippen molar-refractivity contribution in [2.24, 2.45) is 0 Å². The Labute approximate surface area is 138 Å². The number of hydrogen-bond donors (Lipinski definition) is 0. The third-order valence-electron chi connectivity index (χ3n) is 4.48. The summed E-state index contributed by atoms with van der Waals surface area (Å²) >= 11 is 0. The minimum Gasteiger partial charge on any atom is -0.496 e. The van der Waals surface area contributed by atoms with Crippen LogP contribution in [-0.4, -0.2) is 51.0 Å². The maximum absolute atomic E-state index is 5.81. The second-order valence-electron chi connectivity index (χ2n) is 6.12. The number of likely N-dealkylation sites (N-methyl/N-ethyl adjacent to an activating group) is 1. The van der Waals surface area contributed by atoms with Gasteiger partial charge >= 0.3 is 0 Å². The van der Waals surface area contributed by atoms with Crippen molar-refractivity contribution in [1.82, 2.24) is 4.90 Å². The van der Waals surface area contributed by atoms with Crippen LogP contribution in [0, 0.1) is 0 Å². The van der Waals surface area contributed by atoms with Crippen LogP contribution >= 0.6 is 0 Å². The van der Waals surface area contributed by atoms with Crippen LogP contribution in [0.15, 0.2) is 12.1 Å². The Balaban J connectivity index is 1.75. The lowest BCUT2D eigenvalue weighted by molar-refractivity contribution is 0.0722. The maximum Gasteiger partial charge on any atom is 0.164 e. The van der Waals surface area contributed by atoms with Crippen LogP contribution in [0.3, 0.4) is 0 Å². The fraction of sp³-hybridized carbons (Fsp3) is 0.667. The molecular formula is C18H27NO4. The van der Waals surface area contributed by atoms with Gasteiger partial charge in [0.2, 0.25) is 0 Å². The zero-order valence-electron chi connectivity index (χ0n) is 14.2. The Morgan fingerprint density at radius 2 is 1.91 bits per heavy atom. The molecule has 0 radical (unpaired) electrons. The highest BCUT2D eigenvalue weighted by molar-refractivity contribution is 5.51. The molecule has 1 unspecified atom stereocenters. The summed E-state index contributed by atoms with van der Waals surface area (Å²) in [6, 6.07) is 4.02. The lowest BCUT2D eigenvalue weighted by atomic mass is 10.1. The normalized spacial score (nSPS) is 20.6. The number of benzene rings is 1. The highest BCUT2D eigenvalue weighted by Gasteiger charge is 2.21. The first-order chi connectivity index (χ1) is 11.3. The number of ether oxygens (including phenoxy) is 4. The van der Waals surface area contributed by atoms with E-state index < -0.39 is 0 Å². The van der Waals surface area contributed by atoms with Gasteiger partial charge in [-0.15, -0.1) is 0 Å². The quantitative estimate of drug-likeness (QED) is 0.806. The molecule has 23 heavy (non-hydrogen) atoms. The highest BCUT2D eigenvalue weighted by Crippen LogP contribution is 2.37. The molecule has 0 aromatic heterocycles. The fourth-order valence-electron chi connectivity index (χ4n) is 3.17. The third kappa shape index (κ3) is 4.09. The summed E-state index contributed by atoms with van der Waals surface area (Å²) in [5.74, 6) is 2.47. The van der Waals surface area contributed by atoms with Crippen molar-refractivity contribution in [2.75, 3.05) is 40.0 Å². The predicted octanol–water partition coefficient (Wildman–Crippen LogP) is 2.86. The molecule has 0 amide bonds. The van der Waals surface area contributed by atoms with Crippen molar-refractivity contribution in [1.29, 1.82) is 0 Å². The van der Waals surface area contributed by atoms with Crippen molar-refractivity contribution >= 4 is 0 Å². The number of hydrogen-bond acceptors (Lipinski definition) is 5. The zero-order chi connectivity index (χ0) is 16.1. The molecule has 1 atom stereocenters. The van der Waals surface area contributed by atoms with E-state index in [0.717, 1.165) is 61.9 Å². The van der Waals surface area contributed by atoms with E-state index in [4.69, 9.17) is 18.9 Å². The lowest BCUT2D eigenvalue weighted by Crippen LogP contribution is -2.31. The molecule has 1 saturated heterocycles. The Morgan fingerprint density at radius 1 is 1.13 bits per heavy atom. The molecule has 128 valence electrons. The standard InChI is InChI=1S/C18H27NO4/c1-3-19(13-15-6-4-7-21-15)12-14-10-17-18(11-16(14)20-2)23-9-5-8-22-17/h10-11,15H,3-9,12-13H2,1-2H3. The molecule has 0 saturated carbocycles. The largest absolute Gasteiger partial charge is 0.496 e. The zero-order valence-corrected chi connectivity index (χ0v) is 14.2. The van der Waals surface area contributed by atoms with Gasteiger partial charge in [-0.05, 0) is 25.5 Å². The van der Waals surface area contributed by atoms with Crippen LogP contribution in [0.1, 0.15) is 31.7 Å². The van der Waals surface area contributed by atoms with Crippen molar-refractivity contribution in [2.45, 2.75) is 38.8 Å². The second-order valence-corrected chi connectivity index (χ2v) is 6.12. The van der Waals surface area contributed by atoms with Crippen molar-refractivity contribution < 1.29 is 18.9 Å². The number of methoxy groups -OCH3 is 1. The Morgan fingerprint density at radius 3 is 2.57 bits per heavy atom. The van der Waals surface area contributed by atoms with Crippen LogP contribution in [0.4, 0.5) is 0 Å². The Hall–Kier alpha value is -1.46. The average Bonchev–Trinajstić information content (AvgIpc) is 2.97. The maximum atomic E-state index is 5.81. The molecule has 0 spiro atoms. The van der Waals surface area contributed by atoms with E-state index >= 15 is 0 Å². The summed E-state index contributed by atoms with van der Waals surface area (Å²) in [6.07, 6.45) is 3.61. The van der Waals surface area contributed by atoms with Gasteiger partial charge in [0.1, 0.15) is 5.75 Å². The smallest absolute Gasteiger partial charge is 0.164 e. The summed E-state index contributed by atoms with van der Waals surface area (Å²) in [6.45, 7) is 7.25. The molecule has 3 rings (SSSR count). The predicted molar refractivity (Wildman–Crippen MR) is 88.5 cm³/mol. The number of rotatable bonds is 6. The molecular weight excluding hydrogens is 294 g/mol. The van der Waals surface area contributed by atoms with Gasteiger partial charge in [-0.25, -0.2) is 0 Å². The van der Waals surface area contributed by atoms with Gasteiger partial charge in [-0.1, -0.05) is 6.92 Å². The third-order valence-corrected chi connectivity index (χ3v) is 4.48.